The highest BCUT2D eigenvalue weighted by Gasteiger charge is 2.14. The van der Waals surface area contributed by atoms with Crippen molar-refractivity contribution in [2.24, 2.45) is 0 Å². The monoisotopic (exact) mass is 205 g/mol. The molecule has 0 spiro atoms. The van der Waals surface area contributed by atoms with Crippen LogP contribution in [0.15, 0.2) is 18.2 Å². The predicted molar refractivity (Wildman–Crippen MR) is 62.2 cm³/mol. The zero-order chi connectivity index (χ0) is 10.9. The number of fused-ring (bicyclic) bond motifs is 1. The number of hydrogen-bond donors (Lipinski definition) is 1. The minimum atomic E-state index is -0.115. The molecule has 0 atom stereocenters. The third-order valence-corrected chi connectivity index (χ3v) is 2.49. The minimum absolute atomic E-state index is 0.115. The molecule has 1 aromatic rings. The van der Waals surface area contributed by atoms with Gasteiger partial charge in [0.15, 0.2) is 0 Å². The summed E-state index contributed by atoms with van der Waals surface area (Å²) in [6.45, 7) is 8.28. The maximum Gasteiger partial charge on any atom is 0.120 e. The lowest BCUT2D eigenvalue weighted by Gasteiger charge is -2.23. The Kier molecular flexibility index (Phi) is 2.70. The Labute approximate surface area is 91.6 Å². The van der Waals surface area contributed by atoms with Crippen molar-refractivity contribution < 1.29 is 4.74 Å². The van der Waals surface area contributed by atoms with E-state index in [4.69, 9.17) is 4.74 Å². The molecule has 2 nitrogen and oxygen atoms in total. The van der Waals surface area contributed by atoms with Crippen molar-refractivity contribution in [3.8, 4) is 5.75 Å². The van der Waals surface area contributed by atoms with Crippen LogP contribution in [0, 0.1) is 0 Å². The summed E-state index contributed by atoms with van der Waals surface area (Å²) in [5.41, 5.74) is 2.72. The Morgan fingerprint density at radius 2 is 2.00 bits per heavy atom. The number of nitrogens with one attached hydrogen (secondary N) is 1. The number of rotatable bonds is 1. The highest BCUT2D eigenvalue weighted by atomic mass is 16.5. The van der Waals surface area contributed by atoms with Crippen molar-refractivity contribution in [3.05, 3.63) is 29.3 Å². The molecule has 15 heavy (non-hydrogen) atoms. The summed E-state index contributed by atoms with van der Waals surface area (Å²) in [5.74, 6) is 0.977. The largest absolute Gasteiger partial charge is 0.488 e. The van der Waals surface area contributed by atoms with E-state index in [-0.39, 0.29) is 5.60 Å². The molecule has 0 amide bonds. The molecular weight excluding hydrogens is 186 g/mol. The molecule has 82 valence electrons. The smallest absolute Gasteiger partial charge is 0.120 e. The van der Waals surface area contributed by atoms with Crippen LogP contribution in [-0.4, -0.2) is 12.1 Å². The quantitative estimate of drug-likeness (QED) is 0.760. The van der Waals surface area contributed by atoms with E-state index in [1.807, 2.05) is 0 Å². The van der Waals surface area contributed by atoms with E-state index in [1.165, 1.54) is 11.1 Å². The molecule has 1 aromatic carbocycles. The molecule has 1 aliphatic heterocycles. The van der Waals surface area contributed by atoms with Crippen LogP contribution in [0.25, 0.3) is 0 Å². The van der Waals surface area contributed by atoms with Gasteiger partial charge in [-0.1, -0.05) is 6.07 Å². The van der Waals surface area contributed by atoms with Crippen LogP contribution in [0.1, 0.15) is 31.9 Å². The van der Waals surface area contributed by atoms with Gasteiger partial charge in [-0.15, -0.1) is 0 Å². The van der Waals surface area contributed by atoms with Crippen molar-refractivity contribution in [1.82, 2.24) is 5.32 Å². The van der Waals surface area contributed by atoms with Crippen molar-refractivity contribution in [2.75, 3.05) is 6.54 Å². The number of hydrogen-bond acceptors (Lipinski definition) is 2. The molecule has 0 unspecified atom stereocenters. The van der Waals surface area contributed by atoms with Crippen molar-refractivity contribution >= 4 is 0 Å². The summed E-state index contributed by atoms with van der Waals surface area (Å²) >= 11 is 0. The molecule has 0 aromatic heterocycles. The summed E-state index contributed by atoms with van der Waals surface area (Å²) in [4.78, 5) is 0. The molecule has 0 aliphatic carbocycles. The first kappa shape index (κ1) is 10.5. The van der Waals surface area contributed by atoms with Gasteiger partial charge in [-0.2, -0.15) is 0 Å². The first-order chi connectivity index (χ1) is 7.04. The summed E-state index contributed by atoms with van der Waals surface area (Å²) in [6, 6.07) is 6.43. The van der Waals surface area contributed by atoms with E-state index in [1.54, 1.807) is 0 Å². The van der Waals surface area contributed by atoms with Gasteiger partial charge in [0.05, 0.1) is 0 Å². The first-order valence-corrected chi connectivity index (χ1v) is 5.56. The van der Waals surface area contributed by atoms with Crippen molar-refractivity contribution in [1.29, 1.82) is 0 Å². The Bertz CT molecular complexity index is 352. The lowest BCUT2D eigenvalue weighted by Crippen LogP contribution is -2.25. The second-order valence-electron chi connectivity index (χ2n) is 5.07. The van der Waals surface area contributed by atoms with Gasteiger partial charge in [0.2, 0.25) is 0 Å². The maximum atomic E-state index is 5.84. The van der Waals surface area contributed by atoms with Gasteiger partial charge < -0.3 is 10.1 Å². The SMILES string of the molecule is CC(C)(C)Oc1ccc2c(c1)CNCC2. The second-order valence-corrected chi connectivity index (χ2v) is 5.07. The topological polar surface area (TPSA) is 21.3 Å². The average Bonchev–Trinajstić information content (AvgIpc) is 2.15. The van der Waals surface area contributed by atoms with Crippen LogP contribution in [-0.2, 0) is 13.0 Å². The summed E-state index contributed by atoms with van der Waals surface area (Å²) in [7, 11) is 0. The van der Waals surface area contributed by atoms with E-state index in [0.29, 0.717) is 0 Å². The molecule has 0 saturated heterocycles. The summed E-state index contributed by atoms with van der Waals surface area (Å²) in [5, 5.41) is 3.38. The normalized spacial score (nSPS) is 15.9. The highest BCUT2D eigenvalue weighted by molar-refractivity contribution is 5.37. The molecule has 0 saturated carbocycles. The van der Waals surface area contributed by atoms with Crippen LogP contribution in [0.4, 0.5) is 0 Å². The van der Waals surface area contributed by atoms with E-state index < -0.39 is 0 Å². The zero-order valence-corrected chi connectivity index (χ0v) is 9.76. The zero-order valence-electron chi connectivity index (χ0n) is 9.76. The third kappa shape index (κ3) is 2.72. The van der Waals surface area contributed by atoms with Gasteiger partial charge in [-0.05, 0) is 57.0 Å². The highest BCUT2D eigenvalue weighted by Crippen LogP contribution is 2.23. The van der Waals surface area contributed by atoms with Gasteiger partial charge in [0, 0.05) is 6.54 Å². The fourth-order valence-electron chi connectivity index (χ4n) is 1.87. The summed E-state index contributed by atoms with van der Waals surface area (Å²) in [6.07, 6.45) is 1.13. The summed E-state index contributed by atoms with van der Waals surface area (Å²) < 4.78 is 5.84. The second kappa shape index (κ2) is 3.86. The molecule has 1 N–H and O–H groups in total. The molecule has 2 heteroatoms. The van der Waals surface area contributed by atoms with Crippen LogP contribution in [0.3, 0.4) is 0 Å². The minimum Gasteiger partial charge on any atom is -0.488 e. The average molecular weight is 205 g/mol. The van der Waals surface area contributed by atoms with Crippen LogP contribution >= 0.6 is 0 Å². The van der Waals surface area contributed by atoms with Crippen LogP contribution < -0.4 is 10.1 Å². The van der Waals surface area contributed by atoms with Gasteiger partial charge in [-0.25, -0.2) is 0 Å². The Morgan fingerprint density at radius 1 is 1.20 bits per heavy atom. The molecule has 1 heterocycles. The van der Waals surface area contributed by atoms with E-state index in [9.17, 15) is 0 Å². The lowest BCUT2D eigenvalue weighted by atomic mass is 10.0. The van der Waals surface area contributed by atoms with Gasteiger partial charge in [0.25, 0.3) is 0 Å². The van der Waals surface area contributed by atoms with Crippen LogP contribution in [0.5, 0.6) is 5.75 Å². The van der Waals surface area contributed by atoms with E-state index in [2.05, 4.69) is 44.3 Å². The fraction of sp³-hybridized carbons (Fsp3) is 0.538. The first-order valence-electron chi connectivity index (χ1n) is 5.56. The predicted octanol–water partition coefficient (Wildman–Crippen LogP) is 2.51. The van der Waals surface area contributed by atoms with Crippen molar-refractivity contribution in [2.45, 2.75) is 39.3 Å². The van der Waals surface area contributed by atoms with Crippen LogP contribution in [0.2, 0.25) is 0 Å². The molecule has 0 radical (unpaired) electrons. The molecule has 1 aliphatic rings. The fourth-order valence-corrected chi connectivity index (χ4v) is 1.87. The molecule has 0 fully saturated rings. The Balaban J connectivity index is 2.21. The molecule has 0 bridgehead atoms. The van der Waals surface area contributed by atoms with E-state index >= 15 is 0 Å². The van der Waals surface area contributed by atoms with Gasteiger partial charge in [-0.3, -0.25) is 0 Å². The third-order valence-electron chi connectivity index (χ3n) is 2.49. The lowest BCUT2D eigenvalue weighted by molar-refractivity contribution is 0.130. The molecule has 2 rings (SSSR count). The van der Waals surface area contributed by atoms with Gasteiger partial charge >= 0.3 is 0 Å². The van der Waals surface area contributed by atoms with Crippen molar-refractivity contribution in [3.63, 3.8) is 0 Å². The Hall–Kier alpha value is -1.02. The van der Waals surface area contributed by atoms with Gasteiger partial charge in [0.1, 0.15) is 11.4 Å². The Morgan fingerprint density at radius 3 is 2.73 bits per heavy atom. The maximum absolute atomic E-state index is 5.84. The standard InChI is InChI=1S/C13H19NO/c1-13(2,3)15-12-5-4-10-6-7-14-9-11(10)8-12/h4-5,8,14H,6-7,9H2,1-3H3. The molecular formula is C13H19NO. The van der Waals surface area contributed by atoms with E-state index in [0.717, 1.165) is 25.3 Å². The number of ether oxygens (including phenoxy) is 1. The number of benzene rings is 1.